The fourth-order valence-electron chi connectivity index (χ4n) is 2.85. The van der Waals surface area contributed by atoms with Gasteiger partial charge in [-0.3, -0.25) is 9.39 Å². The number of pyridine rings is 1. The number of hydrogen-bond donors (Lipinski definition) is 2. The van der Waals surface area contributed by atoms with Gasteiger partial charge in [-0.05, 0) is 29.8 Å². The third kappa shape index (κ3) is 4.41. The Morgan fingerprint density at radius 3 is 2.86 bits per heavy atom. The average molecular weight is 515 g/mol. The number of benzene rings is 1. The molecule has 0 saturated carbocycles. The van der Waals surface area contributed by atoms with E-state index in [0.29, 0.717) is 48.8 Å². The van der Waals surface area contributed by atoms with Gasteiger partial charge in [0.1, 0.15) is 13.2 Å². The number of nitrogens with one attached hydrogen (secondary N) is 2. The van der Waals surface area contributed by atoms with Crippen LogP contribution in [0.1, 0.15) is 11.4 Å². The molecule has 2 aromatic heterocycles. The molecule has 3 heterocycles. The third-order valence-electron chi connectivity index (χ3n) is 4.14. The maximum absolute atomic E-state index is 6.28. The molecule has 8 nitrogen and oxygen atoms in total. The highest BCUT2D eigenvalue weighted by Gasteiger charge is 2.16. The summed E-state index contributed by atoms with van der Waals surface area (Å²) >= 11 is 6.28. The Balaban J connectivity index is 0.00000225. The fourth-order valence-corrected chi connectivity index (χ4v) is 3.13. The van der Waals surface area contributed by atoms with Gasteiger partial charge < -0.3 is 20.1 Å². The standard InChI is InChI=1S/C18H19ClN6O2.HI/c1-20-18(22-11-16-24-23-15-4-2-3-5-25(15)16)21-10-12-8-13(19)17-14(9-12)26-6-7-27-17;/h2-5,8-9H,6-7,10-11H2,1H3,(H2,20,21,22);1H. The molecule has 0 spiro atoms. The van der Waals surface area contributed by atoms with E-state index in [1.54, 1.807) is 7.05 Å². The van der Waals surface area contributed by atoms with Crippen LogP contribution in [0, 0.1) is 0 Å². The molecule has 0 radical (unpaired) electrons. The van der Waals surface area contributed by atoms with Crippen LogP contribution in [0.15, 0.2) is 41.5 Å². The Kier molecular flexibility index (Phi) is 6.79. The summed E-state index contributed by atoms with van der Waals surface area (Å²) in [6.45, 7) is 2.07. The van der Waals surface area contributed by atoms with E-state index in [9.17, 15) is 0 Å². The molecule has 0 unspecified atom stereocenters. The molecule has 0 saturated heterocycles. The monoisotopic (exact) mass is 514 g/mol. The number of halogens is 2. The van der Waals surface area contributed by atoms with Crippen LogP contribution in [0.3, 0.4) is 0 Å². The van der Waals surface area contributed by atoms with Gasteiger partial charge in [-0.15, -0.1) is 34.2 Å². The lowest BCUT2D eigenvalue weighted by atomic mass is 10.2. The van der Waals surface area contributed by atoms with Gasteiger partial charge in [0.05, 0.1) is 11.6 Å². The van der Waals surface area contributed by atoms with Crippen molar-refractivity contribution in [3.05, 3.63) is 52.9 Å². The third-order valence-corrected chi connectivity index (χ3v) is 4.42. The zero-order valence-corrected chi connectivity index (χ0v) is 18.3. The Morgan fingerprint density at radius 2 is 2.00 bits per heavy atom. The first kappa shape index (κ1) is 20.5. The van der Waals surface area contributed by atoms with Gasteiger partial charge in [-0.2, -0.15) is 0 Å². The van der Waals surface area contributed by atoms with Gasteiger partial charge in [0.15, 0.2) is 28.9 Å². The summed E-state index contributed by atoms with van der Waals surface area (Å²) in [7, 11) is 1.72. The van der Waals surface area contributed by atoms with E-state index in [1.807, 2.05) is 40.9 Å². The van der Waals surface area contributed by atoms with E-state index < -0.39 is 0 Å². The van der Waals surface area contributed by atoms with Gasteiger partial charge in [-0.25, -0.2) is 0 Å². The van der Waals surface area contributed by atoms with Crippen molar-refractivity contribution in [3.63, 3.8) is 0 Å². The first-order valence-corrected chi connectivity index (χ1v) is 8.93. The number of fused-ring (bicyclic) bond motifs is 2. The number of hydrogen-bond acceptors (Lipinski definition) is 5. The quantitative estimate of drug-likeness (QED) is 0.316. The van der Waals surface area contributed by atoms with Crippen LogP contribution < -0.4 is 20.1 Å². The van der Waals surface area contributed by atoms with Crippen molar-refractivity contribution in [3.8, 4) is 11.5 Å². The van der Waals surface area contributed by atoms with Gasteiger partial charge in [0.2, 0.25) is 0 Å². The zero-order chi connectivity index (χ0) is 18.6. The molecule has 0 atom stereocenters. The molecule has 1 aliphatic heterocycles. The van der Waals surface area contributed by atoms with Crippen LogP contribution in [-0.4, -0.2) is 40.8 Å². The molecule has 3 aromatic rings. The molecule has 0 fully saturated rings. The van der Waals surface area contributed by atoms with Crippen molar-refractivity contribution in [2.24, 2.45) is 4.99 Å². The van der Waals surface area contributed by atoms with Crippen LogP contribution in [0.4, 0.5) is 0 Å². The van der Waals surface area contributed by atoms with Gasteiger partial charge in [-0.1, -0.05) is 17.7 Å². The van der Waals surface area contributed by atoms with Gasteiger partial charge in [0, 0.05) is 19.8 Å². The molecule has 4 rings (SSSR count). The fraction of sp³-hybridized carbons (Fsp3) is 0.278. The minimum Gasteiger partial charge on any atom is -0.486 e. The topological polar surface area (TPSA) is 85.1 Å². The molecule has 1 aliphatic rings. The van der Waals surface area contributed by atoms with E-state index in [-0.39, 0.29) is 24.0 Å². The summed E-state index contributed by atoms with van der Waals surface area (Å²) in [4.78, 5) is 4.24. The molecule has 2 N–H and O–H groups in total. The highest BCUT2D eigenvalue weighted by Crippen LogP contribution is 2.38. The smallest absolute Gasteiger partial charge is 0.191 e. The summed E-state index contributed by atoms with van der Waals surface area (Å²) in [6.07, 6.45) is 1.93. The van der Waals surface area contributed by atoms with Crippen LogP contribution in [-0.2, 0) is 13.1 Å². The van der Waals surface area contributed by atoms with E-state index >= 15 is 0 Å². The average Bonchev–Trinajstić information content (AvgIpc) is 3.11. The van der Waals surface area contributed by atoms with E-state index in [4.69, 9.17) is 21.1 Å². The number of rotatable bonds is 4. The van der Waals surface area contributed by atoms with Crippen LogP contribution in [0.5, 0.6) is 11.5 Å². The molecule has 1 aromatic carbocycles. The van der Waals surface area contributed by atoms with Gasteiger partial charge >= 0.3 is 0 Å². The van der Waals surface area contributed by atoms with Crippen molar-refractivity contribution < 1.29 is 9.47 Å². The van der Waals surface area contributed by atoms with Crippen molar-refractivity contribution in [1.29, 1.82) is 0 Å². The normalized spacial score (nSPS) is 13.1. The number of nitrogens with zero attached hydrogens (tertiary/aromatic N) is 4. The molecular weight excluding hydrogens is 495 g/mol. The molecule has 0 aliphatic carbocycles. The van der Waals surface area contributed by atoms with Crippen molar-refractivity contribution in [1.82, 2.24) is 25.2 Å². The minimum absolute atomic E-state index is 0. The molecule has 0 amide bonds. The second-order valence-electron chi connectivity index (χ2n) is 5.93. The van der Waals surface area contributed by atoms with Crippen LogP contribution >= 0.6 is 35.6 Å². The number of aromatic nitrogens is 3. The molecular formula is C18H20ClIN6O2. The lowest BCUT2D eigenvalue weighted by Crippen LogP contribution is -2.36. The van der Waals surface area contributed by atoms with E-state index in [2.05, 4.69) is 25.8 Å². The summed E-state index contributed by atoms with van der Waals surface area (Å²) < 4.78 is 13.1. The van der Waals surface area contributed by atoms with E-state index in [1.165, 1.54) is 0 Å². The first-order chi connectivity index (χ1) is 13.2. The number of guanidine groups is 1. The number of aliphatic imine (C=N–C) groups is 1. The maximum atomic E-state index is 6.28. The molecule has 0 bridgehead atoms. The maximum Gasteiger partial charge on any atom is 0.191 e. The first-order valence-electron chi connectivity index (χ1n) is 8.56. The summed E-state index contributed by atoms with van der Waals surface area (Å²) in [5.74, 6) is 2.72. The minimum atomic E-state index is 0. The van der Waals surface area contributed by atoms with Crippen molar-refractivity contribution >= 4 is 47.2 Å². The SMILES string of the molecule is CN=C(NCc1cc(Cl)c2c(c1)OCCO2)NCc1nnc2ccccn12.I. The largest absolute Gasteiger partial charge is 0.486 e. The Bertz CT molecular complexity index is 993. The second-order valence-corrected chi connectivity index (χ2v) is 6.33. The lowest BCUT2D eigenvalue weighted by molar-refractivity contribution is 0.171. The Morgan fingerprint density at radius 1 is 1.18 bits per heavy atom. The Labute approximate surface area is 184 Å². The predicted molar refractivity (Wildman–Crippen MR) is 118 cm³/mol. The molecule has 10 heteroatoms. The van der Waals surface area contributed by atoms with E-state index in [0.717, 1.165) is 17.0 Å². The highest BCUT2D eigenvalue weighted by atomic mass is 127. The summed E-state index contributed by atoms with van der Waals surface area (Å²) in [5.41, 5.74) is 1.78. The zero-order valence-electron chi connectivity index (χ0n) is 15.2. The predicted octanol–water partition coefficient (Wildman–Crippen LogP) is 2.64. The van der Waals surface area contributed by atoms with Gasteiger partial charge in [0.25, 0.3) is 0 Å². The summed E-state index contributed by atoms with van der Waals surface area (Å²) in [5, 5.41) is 15.4. The molecule has 148 valence electrons. The second kappa shape index (κ2) is 9.28. The number of ether oxygens (including phenoxy) is 2. The van der Waals surface area contributed by atoms with Crippen molar-refractivity contribution in [2.75, 3.05) is 20.3 Å². The highest BCUT2D eigenvalue weighted by molar-refractivity contribution is 14.0. The van der Waals surface area contributed by atoms with Crippen LogP contribution in [0.25, 0.3) is 5.65 Å². The summed E-state index contributed by atoms with van der Waals surface area (Å²) in [6, 6.07) is 9.57. The molecule has 28 heavy (non-hydrogen) atoms. The van der Waals surface area contributed by atoms with Crippen LogP contribution in [0.2, 0.25) is 5.02 Å². The Hall–Kier alpha value is -2.27. The van der Waals surface area contributed by atoms with Crippen molar-refractivity contribution in [2.45, 2.75) is 13.1 Å². The lowest BCUT2D eigenvalue weighted by Gasteiger charge is -2.20.